The van der Waals surface area contributed by atoms with Crippen LogP contribution in [0.2, 0.25) is 10.0 Å². The van der Waals surface area contributed by atoms with Crippen molar-refractivity contribution in [3.8, 4) is 0 Å². The van der Waals surface area contributed by atoms with Crippen LogP contribution in [0.25, 0.3) is 10.8 Å². The van der Waals surface area contributed by atoms with Crippen molar-refractivity contribution in [2.45, 2.75) is 11.4 Å². The smallest absolute Gasteiger partial charge is 0.326 e. The Bertz CT molecular complexity index is 1710. The number of nitrogens with two attached hydrogens (primary N) is 1. The van der Waals surface area contributed by atoms with Crippen molar-refractivity contribution in [2.24, 2.45) is 5.73 Å². The van der Waals surface area contributed by atoms with Gasteiger partial charge in [0.05, 0.1) is 17.7 Å². The standard InChI is InChI=1S/C28H23Cl2N3O6S/c1-39-26(34)16-33(40(37,38)23-13-20(29)12-21(30)14-23)22-9-10-24-19(11-22)3-2-4-25(24)28(36)32-15-17-5-7-18(8-6-17)27(31)35/h2-14H,15-16H2,1H3,(H2,31,35)(H,32,36). The number of ether oxygens (including phenoxy) is 1. The molecule has 0 radical (unpaired) electrons. The highest BCUT2D eigenvalue weighted by Gasteiger charge is 2.29. The Morgan fingerprint density at radius 3 is 2.23 bits per heavy atom. The maximum absolute atomic E-state index is 13.6. The number of hydrogen-bond acceptors (Lipinski definition) is 6. The van der Waals surface area contributed by atoms with Crippen molar-refractivity contribution in [1.82, 2.24) is 5.32 Å². The number of hydrogen-bond donors (Lipinski definition) is 2. The number of esters is 1. The van der Waals surface area contributed by atoms with Gasteiger partial charge < -0.3 is 15.8 Å². The Morgan fingerprint density at radius 1 is 0.925 bits per heavy atom. The third kappa shape index (κ3) is 6.36. The van der Waals surface area contributed by atoms with Gasteiger partial charge in [0, 0.05) is 27.7 Å². The zero-order valence-corrected chi connectivity index (χ0v) is 23.4. The molecule has 0 heterocycles. The van der Waals surface area contributed by atoms with E-state index in [0.29, 0.717) is 21.9 Å². The molecule has 4 aromatic carbocycles. The number of fused-ring (bicyclic) bond motifs is 1. The molecule has 0 spiro atoms. The molecule has 0 aromatic heterocycles. The number of anilines is 1. The summed E-state index contributed by atoms with van der Waals surface area (Å²) in [6.07, 6.45) is 0. The molecule has 0 fully saturated rings. The maximum atomic E-state index is 13.6. The molecule has 40 heavy (non-hydrogen) atoms. The number of amides is 2. The van der Waals surface area contributed by atoms with E-state index < -0.39 is 28.4 Å². The summed E-state index contributed by atoms with van der Waals surface area (Å²) in [7, 11) is -3.14. The first-order valence-electron chi connectivity index (χ1n) is 11.7. The first kappa shape index (κ1) is 28.9. The number of halogens is 2. The lowest BCUT2D eigenvalue weighted by atomic mass is 10.0. The van der Waals surface area contributed by atoms with E-state index in [4.69, 9.17) is 33.7 Å². The summed E-state index contributed by atoms with van der Waals surface area (Å²) >= 11 is 12.1. The average molecular weight is 600 g/mol. The Kier molecular flexibility index (Phi) is 8.63. The number of benzene rings is 4. The number of primary amides is 1. The van der Waals surface area contributed by atoms with Crippen LogP contribution >= 0.6 is 23.2 Å². The summed E-state index contributed by atoms with van der Waals surface area (Å²) in [6.45, 7) is -0.400. The SMILES string of the molecule is COC(=O)CN(c1ccc2c(C(=O)NCc3ccc(C(N)=O)cc3)cccc2c1)S(=O)(=O)c1cc(Cl)cc(Cl)c1. The van der Waals surface area contributed by atoms with Crippen molar-refractivity contribution >= 4 is 67.5 Å². The summed E-state index contributed by atoms with van der Waals surface area (Å²) in [5, 5.41) is 4.19. The summed E-state index contributed by atoms with van der Waals surface area (Å²) in [5.74, 6) is -1.68. The fraction of sp³-hybridized carbons (Fsp3) is 0.107. The van der Waals surface area contributed by atoms with Crippen molar-refractivity contribution in [2.75, 3.05) is 18.0 Å². The lowest BCUT2D eigenvalue weighted by Crippen LogP contribution is -2.36. The summed E-state index contributed by atoms with van der Waals surface area (Å²) in [5.41, 5.74) is 6.92. The van der Waals surface area contributed by atoms with E-state index >= 15 is 0 Å². The minimum Gasteiger partial charge on any atom is -0.468 e. The monoisotopic (exact) mass is 599 g/mol. The molecule has 2 amide bonds. The van der Waals surface area contributed by atoms with Gasteiger partial charge in [-0.05, 0) is 64.9 Å². The molecular weight excluding hydrogens is 577 g/mol. The van der Waals surface area contributed by atoms with Crippen LogP contribution in [0.15, 0.2) is 83.8 Å². The molecular formula is C28H23Cl2N3O6S. The molecule has 0 aliphatic heterocycles. The van der Waals surface area contributed by atoms with Crippen molar-refractivity contribution in [1.29, 1.82) is 0 Å². The van der Waals surface area contributed by atoms with Crippen LogP contribution in [0.1, 0.15) is 26.3 Å². The van der Waals surface area contributed by atoms with Gasteiger partial charge in [-0.2, -0.15) is 0 Å². The van der Waals surface area contributed by atoms with Crippen LogP contribution in [0.3, 0.4) is 0 Å². The Hall–Kier alpha value is -4.12. The number of nitrogens with zero attached hydrogens (tertiary/aromatic N) is 1. The quantitative estimate of drug-likeness (QED) is 0.271. The summed E-state index contributed by atoms with van der Waals surface area (Å²) in [4.78, 5) is 36.3. The first-order chi connectivity index (χ1) is 19.0. The minimum atomic E-state index is -4.29. The van der Waals surface area contributed by atoms with E-state index in [1.54, 1.807) is 54.6 Å². The number of carbonyl (C=O) groups is 3. The van der Waals surface area contributed by atoms with Crippen molar-refractivity contribution in [3.63, 3.8) is 0 Å². The molecule has 3 N–H and O–H groups in total. The van der Waals surface area contributed by atoms with Gasteiger partial charge in [-0.1, -0.05) is 53.5 Å². The number of nitrogens with one attached hydrogen (secondary N) is 1. The largest absolute Gasteiger partial charge is 0.468 e. The number of methoxy groups -OCH3 is 1. The van der Waals surface area contributed by atoms with Crippen LogP contribution in [0, 0.1) is 0 Å². The molecule has 0 saturated carbocycles. The van der Waals surface area contributed by atoms with Gasteiger partial charge in [-0.3, -0.25) is 18.7 Å². The molecule has 12 heteroatoms. The molecule has 0 aliphatic carbocycles. The van der Waals surface area contributed by atoms with E-state index in [1.807, 2.05) is 0 Å². The zero-order chi connectivity index (χ0) is 29.0. The highest BCUT2D eigenvalue weighted by atomic mass is 35.5. The van der Waals surface area contributed by atoms with Gasteiger partial charge in [-0.25, -0.2) is 8.42 Å². The highest BCUT2D eigenvalue weighted by Crippen LogP contribution is 2.31. The lowest BCUT2D eigenvalue weighted by molar-refractivity contribution is -0.138. The van der Waals surface area contributed by atoms with Gasteiger partial charge in [0.1, 0.15) is 6.54 Å². The summed E-state index contributed by atoms with van der Waals surface area (Å²) in [6, 6.07) is 20.1. The van der Waals surface area contributed by atoms with Crippen molar-refractivity contribution in [3.05, 3.63) is 106 Å². The predicted molar refractivity (Wildman–Crippen MR) is 153 cm³/mol. The van der Waals surface area contributed by atoms with E-state index in [1.165, 1.54) is 24.3 Å². The van der Waals surface area contributed by atoms with Crippen LogP contribution < -0.4 is 15.4 Å². The first-order valence-corrected chi connectivity index (χ1v) is 13.9. The van der Waals surface area contributed by atoms with Gasteiger partial charge in [0.25, 0.3) is 15.9 Å². The van der Waals surface area contributed by atoms with E-state index in [9.17, 15) is 22.8 Å². The van der Waals surface area contributed by atoms with Gasteiger partial charge in [-0.15, -0.1) is 0 Å². The van der Waals surface area contributed by atoms with Gasteiger partial charge >= 0.3 is 5.97 Å². The Balaban J connectivity index is 1.66. The van der Waals surface area contributed by atoms with Gasteiger partial charge in [0.2, 0.25) is 5.91 Å². The van der Waals surface area contributed by atoms with Crippen LogP contribution in [0.5, 0.6) is 0 Å². The fourth-order valence-corrected chi connectivity index (χ4v) is 6.12. The Morgan fingerprint density at radius 2 is 1.60 bits per heavy atom. The van der Waals surface area contributed by atoms with Crippen LogP contribution in [-0.4, -0.2) is 39.9 Å². The predicted octanol–water partition coefficient (Wildman–Crippen LogP) is 4.54. The average Bonchev–Trinajstić information content (AvgIpc) is 2.93. The third-order valence-corrected chi connectivity index (χ3v) is 8.20. The van der Waals surface area contributed by atoms with Gasteiger partial charge in [0.15, 0.2) is 0 Å². The maximum Gasteiger partial charge on any atom is 0.326 e. The molecule has 0 saturated heterocycles. The number of rotatable bonds is 9. The topological polar surface area (TPSA) is 136 Å². The van der Waals surface area contributed by atoms with Crippen molar-refractivity contribution < 1.29 is 27.5 Å². The molecule has 0 aliphatic rings. The molecule has 0 atom stereocenters. The fourth-order valence-electron chi connectivity index (χ4n) is 3.99. The van der Waals surface area contributed by atoms with Crippen LogP contribution in [-0.2, 0) is 26.1 Å². The molecule has 0 unspecified atom stereocenters. The second kappa shape index (κ2) is 12.0. The highest BCUT2D eigenvalue weighted by molar-refractivity contribution is 7.92. The molecule has 4 rings (SSSR count). The van der Waals surface area contributed by atoms with E-state index in [0.717, 1.165) is 17.0 Å². The minimum absolute atomic E-state index is 0.113. The molecule has 4 aromatic rings. The second-order valence-electron chi connectivity index (χ2n) is 8.65. The lowest BCUT2D eigenvalue weighted by Gasteiger charge is -2.24. The summed E-state index contributed by atoms with van der Waals surface area (Å²) < 4.78 is 32.8. The Labute approximate surface area is 240 Å². The van der Waals surface area contributed by atoms with E-state index in [-0.39, 0.29) is 33.1 Å². The third-order valence-electron chi connectivity index (χ3n) is 6.01. The molecule has 206 valence electrons. The number of carbonyl (C=O) groups excluding carboxylic acids is 3. The normalized spacial score (nSPS) is 11.2. The second-order valence-corrected chi connectivity index (χ2v) is 11.4. The molecule has 9 nitrogen and oxygen atoms in total. The van der Waals surface area contributed by atoms with Crippen LogP contribution in [0.4, 0.5) is 5.69 Å². The molecule has 0 bridgehead atoms. The van der Waals surface area contributed by atoms with E-state index in [2.05, 4.69) is 5.32 Å². The number of sulfonamides is 1. The zero-order valence-electron chi connectivity index (χ0n) is 21.1.